The summed E-state index contributed by atoms with van der Waals surface area (Å²) >= 11 is 0. The number of aliphatic hydroxyl groups is 2. The zero-order valence-corrected chi connectivity index (χ0v) is 9.55. The molecular formula is C9H22ClNO2. The van der Waals surface area contributed by atoms with Crippen LogP contribution in [0.2, 0.25) is 0 Å². The first-order chi connectivity index (χ1) is 5.61. The van der Waals surface area contributed by atoms with E-state index in [2.05, 4.69) is 11.8 Å². The van der Waals surface area contributed by atoms with Gasteiger partial charge in [-0.15, -0.1) is 12.4 Å². The van der Waals surface area contributed by atoms with Gasteiger partial charge in [0.2, 0.25) is 0 Å². The van der Waals surface area contributed by atoms with Crippen LogP contribution in [0, 0.1) is 0 Å². The minimum atomic E-state index is -0.566. The second-order valence-electron chi connectivity index (χ2n) is 3.48. The quantitative estimate of drug-likeness (QED) is 0.686. The Morgan fingerprint density at radius 1 is 1.31 bits per heavy atom. The van der Waals surface area contributed by atoms with E-state index >= 15 is 0 Å². The molecule has 0 aliphatic carbocycles. The highest BCUT2D eigenvalue weighted by molar-refractivity contribution is 5.85. The molecule has 0 saturated heterocycles. The predicted octanol–water partition coefficient (Wildman–Crippen LogP) is 0.882. The molecule has 2 N–H and O–H groups in total. The van der Waals surface area contributed by atoms with Crippen LogP contribution in [-0.2, 0) is 0 Å². The molecule has 0 aliphatic heterocycles. The van der Waals surface area contributed by atoms with E-state index in [0.717, 1.165) is 12.8 Å². The SMILES string of the molecule is CCCC(CC(O)CO)N(C)C.Cl. The van der Waals surface area contributed by atoms with Gasteiger partial charge in [0, 0.05) is 6.04 Å². The van der Waals surface area contributed by atoms with E-state index in [1.54, 1.807) is 0 Å². The normalized spacial score (nSPS) is 15.2. The zero-order chi connectivity index (χ0) is 9.56. The molecule has 4 heteroatoms. The fraction of sp³-hybridized carbons (Fsp3) is 1.00. The van der Waals surface area contributed by atoms with E-state index in [0.29, 0.717) is 12.5 Å². The number of halogens is 1. The first kappa shape index (κ1) is 15.6. The Morgan fingerprint density at radius 3 is 2.15 bits per heavy atom. The minimum Gasteiger partial charge on any atom is -0.394 e. The van der Waals surface area contributed by atoms with E-state index in [-0.39, 0.29) is 19.0 Å². The van der Waals surface area contributed by atoms with Gasteiger partial charge in [0.05, 0.1) is 12.7 Å². The Hall–Kier alpha value is 0.170. The molecule has 2 atom stereocenters. The molecule has 0 spiro atoms. The van der Waals surface area contributed by atoms with Crippen LogP contribution in [0.25, 0.3) is 0 Å². The Bertz CT molecular complexity index is 112. The molecule has 0 radical (unpaired) electrons. The van der Waals surface area contributed by atoms with E-state index in [9.17, 15) is 5.11 Å². The third-order valence-corrected chi connectivity index (χ3v) is 2.11. The van der Waals surface area contributed by atoms with Gasteiger partial charge < -0.3 is 15.1 Å². The van der Waals surface area contributed by atoms with Gasteiger partial charge in [-0.1, -0.05) is 13.3 Å². The summed E-state index contributed by atoms with van der Waals surface area (Å²) in [5.41, 5.74) is 0. The first-order valence-electron chi connectivity index (χ1n) is 4.57. The molecule has 82 valence electrons. The largest absolute Gasteiger partial charge is 0.394 e. The highest BCUT2D eigenvalue weighted by Crippen LogP contribution is 2.09. The van der Waals surface area contributed by atoms with Gasteiger partial charge in [-0.3, -0.25) is 0 Å². The van der Waals surface area contributed by atoms with Crippen molar-refractivity contribution in [1.29, 1.82) is 0 Å². The number of aliphatic hydroxyl groups excluding tert-OH is 2. The van der Waals surface area contributed by atoms with Crippen molar-refractivity contribution in [2.45, 2.75) is 38.3 Å². The van der Waals surface area contributed by atoms with Gasteiger partial charge in [0.25, 0.3) is 0 Å². The van der Waals surface area contributed by atoms with Crippen molar-refractivity contribution in [3.8, 4) is 0 Å². The second kappa shape index (κ2) is 8.75. The Labute approximate surface area is 87.2 Å². The van der Waals surface area contributed by atoms with Crippen LogP contribution in [-0.4, -0.2) is 48.0 Å². The maximum atomic E-state index is 9.23. The van der Waals surface area contributed by atoms with E-state index in [4.69, 9.17) is 5.11 Å². The van der Waals surface area contributed by atoms with E-state index < -0.39 is 6.10 Å². The topological polar surface area (TPSA) is 43.7 Å². The molecule has 0 heterocycles. The predicted molar refractivity (Wildman–Crippen MR) is 57.3 cm³/mol. The van der Waals surface area contributed by atoms with E-state index in [1.165, 1.54) is 0 Å². The maximum Gasteiger partial charge on any atom is 0.0785 e. The van der Waals surface area contributed by atoms with Crippen LogP contribution < -0.4 is 0 Å². The van der Waals surface area contributed by atoms with Crippen molar-refractivity contribution < 1.29 is 10.2 Å². The molecule has 0 aromatic carbocycles. The van der Waals surface area contributed by atoms with Crippen molar-refractivity contribution in [1.82, 2.24) is 4.90 Å². The highest BCUT2D eigenvalue weighted by atomic mass is 35.5. The molecule has 0 amide bonds. The molecule has 0 saturated carbocycles. The van der Waals surface area contributed by atoms with Gasteiger partial charge >= 0.3 is 0 Å². The van der Waals surface area contributed by atoms with Crippen molar-refractivity contribution in [2.24, 2.45) is 0 Å². The lowest BCUT2D eigenvalue weighted by Gasteiger charge is -2.25. The summed E-state index contributed by atoms with van der Waals surface area (Å²) in [7, 11) is 4.01. The summed E-state index contributed by atoms with van der Waals surface area (Å²) in [6, 6.07) is 0.386. The smallest absolute Gasteiger partial charge is 0.0785 e. The number of hydrogen-bond donors (Lipinski definition) is 2. The van der Waals surface area contributed by atoms with Crippen molar-refractivity contribution >= 4 is 12.4 Å². The third kappa shape index (κ3) is 7.26. The summed E-state index contributed by atoms with van der Waals surface area (Å²) in [5.74, 6) is 0. The van der Waals surface area contributed by atoms with E-state index in [1.807, 2.05) is 14.1 Å². The molecule has 0 fully saturated rings. The lowest BCUT2D eigenvalue weighted by Crippen LogP contribution is -2.32. The van der Waals surface area contributed by atoms with Crippen LogP contribution in [0.4, 0.5) is 0 Å². The molecular weight excluding hydrogens is 190 g/mol. The average Bonchev–Trinajstić information content (AvgIpc) is 2.03. The van der Waals surface area contributed by atoms with Crippen molar-refractivity contribution in [2.75, 3.05) is 20.7 Å². The maximum absolute atomic E-state index is 9.23. The number of rotatable bonds is 6. The summed E-state index contributed by atoms with van der Waals surface area (Å²) in [4.78, 5) is 2.10. The Kier molecular flexibility index (Phi) is 10.5. The van der Waals surface area contributed by atoms with Crippen LogP contribution in [0.1, 0.15) is 26.2 Å². The first-order valence-corrected chi connectivity index (χ1v) is 4.57. The van der Waals surface area contributed by atoms with Crippen LogP contribution >= 0.6 is 12.4 Å². The third-order valence-electron chi connectivity index (χ3n) is 2.11. The molecule has 13 heavy (non-hydrogen) atoms. The molecule has 3 nitrogen and oxygen atoms in total. The summed E-state index contributed by atoms with van der Waals surface area (Å²) in [6.07, 6.45) is 2.28. The highest BCUT2D eigenvalue weighted by Gasteiger charge is 2.14. The lowest BCUT2D eigenvalue weighted by molar-refractivity contribution is 0.0638. The zero-order valence-electron chi connectivity index (χ0n) is 8.73. The molecule has 0 bridgehead atoms. The lowest BCUT2D eigenvalue weighted by atomic mass is 10.0. The van der Waals surface area contributed by atoms with Gasteiger partial charge in [-0.25, -0.2) is 0 Å². The summed E-state index contributed by atoms with van der Waals surface area (Å²) < 4.78 is 0. The second-order valence-corrected chi connectivity index (χ2v) is 3.48. The summed E-state index contributed by atoms with van der Waals surface area (Å²) in [6.45, 7) is 2.00. The standard InChI is InChI=1S/C9H21NO2.ClH/c1-4-5-8(10(2)3)6-9(12)7-11;/h8-9,11-12H,4-7H2,1-3H3;1H. The fourth-order valence-corrected chi connectivity index (χ4v) is 1.31. The minimum absolute atomic E-state index is 0. The Balaban J connectivity index is 0. The monoisotopic (exact) mass is 211 g/mol. The fourth-order valence-electron chi connectivity index (χ4n) is 1.31. The van der Waals surface area contributed by atoms with Crippen LogP contribution in [0.3, 0.4) is 0 Å². The van der Waals surface area contributed by atoms with Gasteiger partial charge in [0.15, 0.2) is 0 Å². The molecule has 2 unspecified atom stereocenters. The van der Waals surface area contributed by atoms with Crippen molar-refractivity contribution in [3.63, 3.8) is 0 Å². The Morgan fingerprint density at radius 2 is 1.85 bits per heavy atom. The van der Waals surface area contributed by atoms with Crippen molar-refractivity contribution in [3.05, 3.63) is 0 Å². The molecule has 0 aliphatic rings. The van der Waals surface area contributed by atoms with Gasteiger partial charge in [-0.05, 0) is 26.9 Å². The molecule has 0 rings (SSSR count). The van der Waals surface area contributed by atoms with Gasteiger partial charge in [0.1, 0.15) is 0 Å². The number of nitrogens with zero attached hydrogens (tertiary/aromatic N) is 1. The van der Waals surface area contributed by atoms with Crippen LogP contribution in [0.15, 0.2) is 0 Å². The molecule has 0 aromatic heterocycles. The summed E-state index contributed by atoms with van der Waals surface area (Å²) in [5, 5.41) is 17.9. The molecule has 0 aromatic rings. The average molecular weight is 212 g/mol. The van der Waals surface area contributed by atoms with Crippen LogP contribution in [0.5, 0.6) is 0 Å². The van der Waals surface area contributed by atoms with Gasteiger partial charge in [-0.2, -0.15) is 0 Å². The number of hydrogen-bond acceptors (Lipinski definition) is 3.